The Kier molecular flexibility index (Phi) is 28.3. The van der Waals surface area contributed by atoms with Crippen LogP contribution in [0, 0.1) is 0 Å². The van der Waals surface area contributed by atoms with E-state index in [0.29, 0.717) is 0 Å². The summed E-state index contributed by atoms with van der Waals surface area (Å²) in [7, 11) is 0. The smallest absolute Gasteiger partial charge is 0.0736 e. The molecule has 13 rings (SSSR count). The summed E-state index contributed by atoms with van der Waals surface area (Å²) in [6, 6.07) is 51.7. The third-order valence-corrected chi connectivity index (χ3v) is 31.3. The van der Waals surface area contributed by atoms with Crippen LogP contribution in [-0.4, -0.2) is 0 Å². The molecule has 0 amide bonds. The molecule has 0 atom stereocenters. The molecule has 0 saturated heterocycles. The zero-order valence-corrected chi connectivity index (χ0v) is 68.2. The summed E-state index contributed by atoms with van der Waals surface area (Å²) in [6.07, 6.45) is 59.3. The van der Waals surface area contributed by atoms with Gasteiger partial charge in [0, 0.05) is 30.3 Å². The normalized spacial score (nSPS) is 13.6. The molecule has 0 aliphatic heterocycles. The molecule has 0 nitrogen and oxygen atoms in total. The molecular formula is C96H122S6. The summed E-state index contributed by atoms with van der Waals surface area (Å²) in [5, 5.41) is 4.68. The van der Waals surface area contributed by atoms with Gasteiger partial charge in [-0.2, -0.15) is 0 Å². The summed E-state index contributed by atoms with van der Waals surface area (Å²) < 4.78 is 11.8. The molecule has 102 heavy (non-hydrogen) atoms. The van der Waals surface area contributed by atoms with Gasteiger partial charge in [0.2, 0.25) is 0 Å². The maximum absolute atomic E-state index is 2.82. The van der Waals surface area contributed by atoms with Gasteiger partial charge in [0.1, 0.15) is 0 Å². The Labute approximate surface area is 641 Å². The van der Waals surface area contributed by atoms with Crippen molar-refractivity contribution in [3.63, 3.8) is 0 Å². The van der Waals surface area contributed by atoms with Crippen molar-refractivity contribution in [3.05, 3.63) is 199 Å². The summed E-state index contributed by atoms with van der Waals surface area (Å²) >= 11 is 12.3. The Morgan fingerprint density at radius 2 is 0.471 bits per heavy atom. The number of unbranched alkanes of at least 4 members (excludes halogenated alkanes) is 36. The largest absolute Gasteiger partial charge is 0.141 e. The Hall–Kier alpha value is -4.66. The van der Waals surface area contributed by atoms with E-state index in [4.69, 9.17) is 0 Å². The predicted octanol–water partition coefficient (Wildman–Crippen LogP) is 33.2. The second kappa shape index (κ2) is 38.2. The summed E-state index contributed by atoms with van der Waals surface area (Å²) in [5.41, 5.74) is 19.5. The highest BCUT2D eigenvalue weighted by Gasteiger charge is 2.54. The van der Waals surface area contributed by atoms with Crippen molar-refractivity contribution < 1.29 is 0 Å². The summed E-state index contributed by atoms with van der Waals surface area (Å²) in [4.78, 5) is 2.97. The van der Waals surface area contributed by atoms with E-state index in [-0.39, 0.29) is 0 Å². The lowest BCUT2D eigenvalue weighted by molar-refractivity contribution is 0.556. The average Bonchev–Trinajstić information content (AvgIpc) is 1.49. The van der Waals surface area contributed by atoms with E-state index in [1.54, 1.807) is 0 Å². The van der Waals surface area contributed by atoms with Crippen LogP contribution in [0.3, 0.4) is 0 Å². The van der Waals surface area contributed by atoms with E-state index in [1.165, 1.54) is 382 Å². The molecule has 0 fully saturated rings. The van der Waals surface area contributed by atoms with Crippen LogP contribution in [-0.2, 0) is 36.5 Å². The van der Waals surface area contributed by atoms with Gasteiger partial charge in [-0.15, -0.1) is 68.0 Å². The molecule has 0 spiro atoms. The number of aryl methyl sites for hydroxylation is 4. The van der Waals surface area contributed by atoms with E-state index in [2.05, 4.69) is 205 Å². The van der Waals surface area contributed by atoms with E-state index in [9.17, 15) is 0 Å². The van der Waals surface area contributed by atoms with Crippen LogP contribution >= 0.6 is 68.0 Å². The predicted molar refractivity (Wildman–Crippen MR) is 461 cm³/mol. The number of hydrogen-bond donors (Lipinski definition) is 0. The lowest BCUT2D eigenvalue weighted by Crippen LogP contribution is -2.30. The van der Waals surface area contributed by atoms with Crippen LogP contribution < -0.4 is 0 Å². The molecule has 5 aromatic carbocycles. The minimum absolute atomic E-state index is 0.524. The quantitative estimate of drug-likeness (QED) is 0.0334. The molecule has 2 aliphatic rings. The Bertz CT molecular complexity index is 3880. The molecule has 6 aromatic heterocycles. The fourth-order valence-corrected chi connectivity index (χ4v) is 26.3. The number of hydrogen-bond acceptors (Lipinski definition) is 6. The van der Waals surface area contributed by atoms with Crippen molar-refractivity contribution in [1.82, 2.24) is 0 Å². The van der Waals surface area contributed by atoms with Gasteiger partial charge in [-0.25, -0.2) is 0 Å². The first kappa shape index (κ1) is 75.6. The highest BCUT2D eigenvalue weighted by Crippen LogP contribution is 2.69. The van der Waals surface area contributed by atoms with Crippen LogP contribution in [0.15, 0.2) is 132 Å². The lowest BCUT2D eigenvalue weighted by Gasteiger charge is -2.36. The first-order chi connectivity index (χ1) is 50.5. The number of rotatable bonds is 48. The fourth-order valence-electron chi connectivity index (χ4n) is 18.0. The SMILES string of the molecule is CCCCCCCCCCCCc1ccc(C2(c3ccc(CCCCCCCCCCCC)cc3)c3cc4c(cc3-c3sc5c(sc6ccsc65)c32)C(c2ccc(CCCCCCCCCCCC)cc2)(c2ccc(CCCCCCCCCCCC)cc2)c2c-4sc3c2sc2ccsc23)cc1. The first-order valence-corrected chi connectivity index (χ1v) is 47.0. The third kappa shape index (κ3) is 17.0. The Balaban J connectivity index is 0.906. The monoisotopic (exact) mass is 1470 g/mol. The molecule has 0 unspecified atom stereocenters. The lowest BCUT2D eigenvalue weighted by atomic mass is 9.65. The molecular weight excluding hydrogens is 1350 g/mol. The third-order valence-electron chi connectivity index (χ3n) is 23.9. The van der Waals surface area contributed by atoms with Gasteiger partial charge in [0.05, 0.1) is 39.0 Å². The number of benzene rings is 5. The molecule has 6 heteroatoms. The van der Waals surface area contributed by atoms with Gasteiger partial charge in [-0.3, -0.25) is 0 Å². The molecule has 0 saturated carbocycles. The van der Waals surface area contributed by atoms with Crippen LogP contribution in [0.5, 0.6) is 0 Å². The Morgan fingerprint density at radius 1 is 0.235 bits per heavy atom. The number of fused-ring (bicyclic) bond motifs is 14. The average molecular weight is 1470 g/mol. The van der Waals surface area contributed by atoms with Crippen molar-refractivity contribution in [2.24, 2.45) is 0 Å². The standard InChI is InChI=1S/C96H122S6/c1-5-9-13-17-21-25-29-33-37-41-45-71-49-57-75(58-50-71)95(76-59-51-72(52-60-76)46-42-38-34-30-26-22-18-14-10-6-2)81-69-80-82(70-79(81)87-85(95)91-93(101-87)89-83(99-91)65-67-97-89)96(86-88(80)102-94-90-84(66-68-98-90)100-92(86)94,77-61-53-73(54-62-77)47-43-39-35-31-27-23-19-15-11-7-3)78-63-55-74(56-64-78)48-44-40-36-32-28-24-20-16-12-8-4/h49-70H,5-48H2,1-4H3. The highest BCUT2D eigenvalue weighted by atomic mass is 32.1. The van der Waals surface area contributed by atoms with E-state index in [1.807, 2.05) is 22.7 Å². The van der Waals surface area contributed by atoms with Crippen LogP contribution in [0.4, 0.5) is 0 Å². The van der Waals surface area contributed by atoms with Crippen molar-refractivity contribution in [3.8, 4) is 20.9 Å². The van der Waals surface area contributed by atoms with Gasteiger partial charge < -0.3 is 0 Å². The summed E-state index contributed by atoms with van der Waals surface area (Å²) in [6.45, 7) is 9.31. The van der Waals surface area contributed by atoms with E-state index < -0.39 is 10.8 Å². The molecule has 0 bridgehead atoms. The second-order valence-corrected chi connectivity index (χ2v) is 37.3. The second-order valence-electron chi connectivity index (χ2n) is 31.3. The van der Waals surface area contributed by atoms with Gasteiger partial charge in [0.15, 0.2) is 0 Å². The van der Waals surface area contributed by atoms with Gasteiger partial charge in [-0.05, 0) is 153 Å². The zero-order valence-electron chi connectivity index (χ0n) is 63.3. The maximum atomic E-state index is 2.82. The van der Waals surface area contributed by atoms with Crippen molar-refractivity contribution in [2.45, 2.75) is 321 Å². The maximum Gasteiger partial charge on any atom is 0.0736 e. The fraction of sp³-hybridized carbons (Fsp3) is 0.521. The zero-order chi connectivity index (χ0) is 69.8. The van der Waals surface area contributed by atoms with Gasteiger partial charge >= 0.3 is 0 Å². The van der Waals surface area contributed by atoms with Crippen molar-refractivity contribution in [1.29, 1.82) is 0 Å². The number of thiophene rings is 6. The molecule has 6 heterocycles. The van der Waals surface area contributed by atoms with Crippen molar-refractivity contribution in [2.75, 3.05) is 0 Å². The molecule has 2 aliphatic carbocycles. The minimum atomic E-state index is -0.524. The topological polar surface area (TPSA) is 0 Å². The highest BCUT2D eigenvalue weighted by molar-refractivity contribution is 7.40. The van der Waals surface area contributed by atoms with Crippen LogP contribution in [0.25, 0.3) is 58.5 Å². The molecule has 542 valence electrons. The first-order valence-electron chi connectivity index (χ1n) is 41.9. The van der Waals surface area contributed by atoms with Gasteiger partial charge in [0.25, 0.3) is 0 Å². The van der Waals surface area contributed by atoms with Gasteiger partial charge in [-0.1, -0.05) is 356 Å². The molecule has 0 N–H and O–H groups in total. The van der Waals surface area contributed by atoms with Crippen molar-refractivity contribution >= 4 is 106 Å². The summed E-state index contributed by atoms with van der Waals surface area (Å²) in [5.74, 6) is 0. The van der Waals surface area contributed by atoms with Crippen LogP contribution in [0.2, 0.25) is 0 Å². The molecule has 0 radical (unpaired) electrons. The van der Waals surface area contributed by atoms with Crippen LogP contribution in [0.1, 0.15) is 351 Å². The van der Waals surface area contributed by atoms with E-state index >= 15 is 0 Å². The minimum Gasteiger partial charge on any atom is -0.141 e. The van der Waals surface area contributed by atoms with E-state index in [0.717, 1.165) is 25.7 Å². The molecule has 11 aromatic rings. The Morgan fingerprint density at radius 3 is 0.716 bits per heavy atom.